The third kappa shape index (κ3) is 4.39. The van der Waals surface area contributed by atoms with E-state index in [2.05, 4.69) is 4.74 Å². The van der Waals surface area contributed by atoms with Crippen LogP contribution in [0.25, 0.3) is 0 Å². The van der Waals surface area contributed by atoms with Crippen LogP contribution in [0.1, 0.15) is 11.7 Å². The van der Waals surface area contributed by atoms with E-state index in [9.17, 15) is 13.2 Å². The number of hydrogen-bond donors (Lipinski definition) is 1. The van der Waals surface area contributed by atoms with Gasteiger partial charge in [-0.25, -0.2) is 0 Å². The number of benzene rings is 2. The molecule has 3 nitrogen and oxygen atoms in total. The van der Waals surface area contributed by atoms with Crippen LogP contribution < -0.4 is 15.2 Å². The topological polar surface area (TPSA) is 44.5 Å². The maximum Gasteiger partial charge on any atom is 0.573 e. The smallest absolute Gasteiger partial charge is 0.481 e. The zero-order valence-electron chi connectivity index (χ0n) is 11.0. The number of halogens is 3. The summed E-state index contributed by atoms with van der Waals surface area (Å²) >= 11 is 0. The third-order valence-electron chi connectivity index (χ3n) is 2.73. The van der Waals surface area contributed by atoms with Gasteiger partial charge in [-0.05, 0) is 17.7 Å². The van der Waals surface area contributed by atoms with Crippen LogP contribution >= 0.6 is 0 Å². The van der Waals surface area contributed by atoms with Crippen LogP contribution in [0.4, 0.5) is 13.2 Å². The molecule has 0 aliphatic heterocycles. The summed E-state index contributed by atoms with van der Waals surface area (Å²) in [5.41, 5.74) is 6.42. The van der Waals surface area contributed by atoms with E-state index in [4.69, 9.17) is 10.5 Å². The van der Waals surface area contributed by atoms with Crippen molar-refractivity contribution in [2.75, 3.05) is 6.54 Å². The van der Waals surface area contributed by atoms with E-state index in [0.29, 0.717) is 0 Å². The highest BCUT2D eigenvalue weighted by Gasteiger charge is 2.32. The molecule has 0 bridgehead atoms. The second-order valence-corrected chi connectivity index (χ2v) is 4.25. The van der Waals surface area contributed by atoms with Crippen molar-refractivity contribution in [3.05, 3.63) is 60.2 Å². The standard InChI is InChI=1S/C15H14F3NO2/c16-15(17,18)21-13-9-5-4-8-12(13)20-14(10-19)11-6-2-1-3-7-11/h1-9,14H,10,19H2. The lowest BCUT2D eigenvalue weighted by atomic mass is 10.1. The number of nitrogens with two attached hydrogens (primary N) is 1. The van der Waals surface area contributed by atoms with E-state index < -0.39 is 12.5 Å². The molecule has 6 heteroatoms. The Morgan fingerprint density at radius 3 is 2.05 bits per heavy atom. The van der Waals surface area contributed by atoms with Crippen molar-refractivity contribution >= 4 is 0 Å². The second kappa shape index (κ2) is 6.49. The van der Waals surface area contributed by atoms with Gasteiger partial charge in [0.15, 0.2) is 11.5 Å². The van der Waals surface area contributed by atoms with Gasteiger partial charge < -0.3 is 15.2 Å². The Morgan fingerprint density at radius 2 is 1.48 bits per heavy atom. The third-order valence-corrected chi connectivity index (χ3v) is 2.73. The van der Waals surface area contributed by atoms with Gasteiger partial charge in [-0.15, -0.1) is 13.2 Å². The molecule has 0 saturated heterocycles. The molecule has 2 N–H and O–H groups in total. The number of alkyl halides is 3. The minimum Gasteiger partial charge on any atom is -0.481 e. The molecule has 0 fully saturated rings. The van der Waals surface area contributed by atoms with E-state index in [0.717, 1.165) is 5.56 Å². The SMILES string of the molecule is NCC(Oc1ccccc1OC(F)(F)F)c1ccccc1. The Bertz CT molecular complexity index is 573. The molecule has 0 aromatic heterocycles. The van der Waals surface area contributed by atoms with Crippen molar-refractivity contribution in [2.24, 2.45) is 5.73 Å². The van der Waals surface area contributed by atoms with Crippen LogP contribution in [-0.2, 0) is 0 Å². The Morgan fingerprint density at radius 1 is 0.905 bits per heavy atom. The Hall–Kier alpha value is -2.21. The molecule has 0 amide bonds. The highest BCUT2D eigenvalue weighted by Crippen LogP contribution is 2.34. The number of ether oxygens (including phenoxy) is 2. The average Bonchev–Trinajstić information content (AvgIpc) is 2.45. The number of para-hydroxylation sites is 2. The molecule has 0 radical (unpaired) electrons. The van der Waals surface area contributed by atoms with Gasteiger partial charge in [-0.1, -0.05) is 42.5 Å². The molecule has 1 atom stereocenters. The van der Waals surface area contributed by atoms with Gasteiger partial charge in [0.25, 0.3) is 0 Å². The molecule has 0 heterocycles. The summed E-state index contributed by atoms with van der Waals surface area (Å²) in [6.07, 6.45) is -5.33. The fraction of sp³-hybridized carbons (Fsp3) is 0.200. The predicted molar refractivity (Wildman–Crippen MR) is 72.0 cm³/mol. The maximum absolute atomic E-state index is 12.4. The molecule has 0 saturated carbocycles. The number of hydrogen-bond acceptors (Lipinski definition) is 3. The predicted octanol–water partition coefficient (Wildman–Crippen LogP) is 3.66. The fourth-order valence-electron chi connectivity index (χ4n) is 1.83. The molecule has 0 spiro atoms. The van der Waals surface area contributed by atoms with E-state index in [-0.39, 0.29) is 18.0 Å². The number of rotatable bonds is 5. The van der Waals surface area contributed by atoms with Gasteiger partial charge in [0, 0.05) is 6.54 Å². The Balaban J connectivity index is 2.22. The van der Waals surface area contributed by atoms with Gasteiger partial charge in [0.05, 0.1) is 0 Å². The molecule has 0 aliphatic carbocycles. The Labute approximate surface area is 120 Å². The quantitative estimate of drug-likeness (QED) is 0.916. The molecular formula is C15H14F3NO2. The van der Waals surface area contributed by atoms with Gasteiger partial charge in [0.1, 0.15) is 6.10 Å². The first-order chi connectivity index (χ1) is 9.99. The van der Waals surface area contributed by atoms with Crippen LogP contribution in [0.2, 0.25) is 0 Å². The normalized spacial score (nSPS) is 12.8. The lowest BCUT2D eigenvalue weighted by Crippen LogP contribution is -2.21. The van der Waals surface area contributed by atoms with E-state index in [1.165, 1.54) is 18.2 Å². The van der Waals surface area contributed by atoms with E-state index >= 15 is 0 Å². The average molecular weight is 297 g/mol. The molecular weight excluding hydrogens is 283 g/mol. The minimum absolute atomic E-state index is 0.00544. The first-order valence-corrected chi connectivity index (χ1v) is 6.26. The van der Waals surface area contributed by atoms with Gasteiger partial charge in [0.2, 0.25) is 0 Å². The summed E-state index contributed by atoms with van der Waals surface area (Å²) in [5.74, 6) is -0.395. The Kier molecular flexibility index (Phi) is 4.70. The zero-order chi connectivity index (χ0) is 15.3. The summed E-state index contributed by atoms with van der Waals surface area (Å²) in [6.45, 7) is 0.129. The van der Waals surface area contributed by atoms with Crippen LogP contribution in [0.5, 0.6) is 11.5 Å². The van der Waals surface area contributed by atoms with Crippen molar-refractivity contribution in [3.63, 3.8) is 0 Å². The molecule has 2 aromatic rings. The first kappa shape index (κ1) is 15.2. The van der Waals surface area contributed by atoms with E-state index in [1.54, 1.807) is 30.3 Å². The van der Waals surface area contributed by atoms with Gasteiger partial charge in [-0.3, -0.25) is 0 Å². The lowest BCUT2D eigenvalue weighted by molar-refractivity contribution is -0.275. The van der Waals surface area contributed by atoms with Crippen molar-refractivity contribution in [2.45, 2.75) is 12.5 Å². The zero-order valence-corrected chi connectivity index (χ0v) is 11.0. The van der Waals surface area contributed by atoms with Crippen LogP contribution in [-0.4, -0.2) is 12.9 Å². The second-order valence-electron chi connectivity index (χ2n) is 4.25. The van der Waals surface area contributed by atoms with Gasteiger partial charge >= 0.3 is 6.36 Å². The molecule has 1 unspecified atom stereocenters. The summed E-state index contributed by atoms with van der Waals surface area (Å²) in [4.78, 5) is 0. The van der Waals surface area contributed by atoms with Crippen molar-refractivity contribution in [1.29, 1.82) is 0 Å². The van der Waals surface area contributed by atoms with Crippen LogP contribution in [0.15, 0.2) is 54.6 Å². The van der Waals surface area contributed by atoms with Gasteiger partial charge in [-0.2, -0.15) is 0 Å². The highest BCUT2D eigenvalue weighted by molar-refractivity contribution is 5.40. The molecule has 2 rings (SSSR count). The van der Waals surface area contributed by atoms with E-state index in [1.807, 2.05) is 6.07 Å². The summed E-state index contributed by atoms with van der Waals surface area (Å²) in [5, 5.41) is 0. The molecule has 21 heavy (non-hydrogen) atoms. The minimum atomic E-state index is -4.77. The maximum atomic E-state index is 12.4. The largest absolute Gasteiger partial charge is 0.573 e. The summed E-state index contributed by atoms with van der Waals surface area (Å²) in [7, 11) is 0. The summed E-state index contributed by atoms with van der Waals surface area (Å²) in [6, 6.07) is 14.6. The van der Waals surface area contributed by atoms with Crippen LogP contribution in [0, 0.1) is 0 Å². The fourth-order valence-corrected chi connectivity index (χ4v) is 1.83. The molecule has 112 valence electrons. The highest BCUT2D eigenvalue weighted by atomic mass is 19.4. The van der Waals surface area contributed by atoms with Crippen molar-refractivity contribution < 1.29 is 22.6 Å². The monoisotopic (exact) mass is 297 g/mol. The molecule has 0 aliphatic rings. The molecule has 2 aromatic carbocycles. The lowest BCUT2D eigenvalue weighted by Gasteiger charge is -2.20. The van der Waals surface area contributed by atoms with Crippen molar-refractivity contribution in [3.8, 4) is 11.5 Å². The first-order valence-electron chi connectivity index (χ1n) is 6.26. The van der Waals surface area contributed by atoms with Crippen molar-refractivity contribution in [1.82, 2.24) is 0 Å². The van der Waals surface area contributed by atoms with Crippen LogP contribution in [0.3, 0.4) is 0 Å². The summed E-state index contributed by atoms with van der Waals surface area (Å²) < 4.78 is 46.6.